The van der Waals surface area contributed by atoms with Gasteiger partial charge in [-0.25, -0.2) is 0 Å². The molecule has 0 aliphatic rings. The largest absolute Gasteiger partial charge is 0.285 e. The Morgan fingerprint density at radius 1 is 1.42 bits per heavy atom. The maximum atomic E-state index is 11.1. The molecule has 0 bridgehead atoms. The fourth-order valence-electron chi connectivity index (χ4n) is 0.698. The van der Waals surface area contributed by atoms with Crippen molar-refractivity contribution in [3.8, 4) is 0 Å². The van der Waals surface area contributed by atoms with E-state index < -0.39 is 0 Å². The first-order valence-electron chi connectivity index (χ1n) is 3.12. The monoisotopic (exact) mass is 289 g/mol. The molecule has 0 atom stereocenters. The number of halogens is 1. The molecule has 0 radical (unpaired) electrons. The minimum atomic E-state index is -0.346. The zero-order chi connectivity index (χ0) is 8.97. The Hall–Kier alpha value is -0.580. The van der Waals surface area contributed by atoms with Crippen LogP contribution in [0.15, 0.2) is 29.3 Å². The van der Waals surface area contributed by atoms with Gasteiger partial charge in [-0.05, 0) is 59.1 Å². The number of isothiocyanates is 1. The van der Waals surface area contributed by atoms with Crippen LogP contribution < -0.4 is 0 Å². The van der Waals surface area contributed by atoms with Gasteiger partial charge in [0.25, 0.3) is 5.91 Å². The molecule has 0 fully saturated rings. The van der Waals surface area contributed by atoms with Crippen molar-refractivity contribution in [1.82, 2.24) is 0 Å². The first kappa shape index (κ1) is 9.51. The number of aliphatic imine (C=N–C) groups is 1. The summed E-state index contributed by atoms with van der Waals surface area (Å²) in [5.41, 5.74) is 0.535. The zero-order valence-electron chi connectivity index (χ0n) is 5.95. The Morgan fingerprint density at radius 2 is 2.00 bits per heavy atom. The van der Waals surface area contributed by atoms with Gasteiger partial charge in [0.05, 0.1) is 5.16 Å². The average molecular weight is 289 g/mol. The molecule has 1 aromatic carbocycles. The van der Waals surface area contributed by atoms with Crippen LogP contribution in [0.5, 0.6) is 0 Å². The predicted octanol–water partition coefficient (Wildman–Crippen LogP) is 2.53. The summed E-state index contributed by atoms with van der Waals surface area (Å²) in [5, 5.41) is 2.04. The summed E-state index contributed by atoms with van der Waals surface area (Å²) in [5.74, 6) is -0.346. The van der Waals surface area contributed by atoms with Gasteiger partial charge in [0.2, 0.25) is 0 Å². The highest BCUT2D eigenvalue weighted by Crippen LogP contribution is 2.07. The van der Waals surface area contributed by atoms with E-state index in [0.29, 0.717) is 5.56 Å². The van der Waals surface area contributed by atoms with Crippen molar-refractivity contribution in [2.24, 2.45) is 4.99 Å². The van der Waals surface area contributed by atoms with Gasteiger partial charge in [-0.2, -0.15) is 4.99 Å². The normalized spacial score (nSPS) is 8.75. The summed E-state index contributed by atoms with van der Waals surface area (Å²) in [6.45, 7) is 0. The van der Waals surface area contributed by atoms with E-state index in [1.54, 1.807) is 12.1 Å². The quantitative estimate of drug-likeness (QED) is 0.452. The summed E-state index contributed by atoms with van der Waals surface area (Å²) < 4.78 is 1.08. The summed E-state index contributed by atoms with van der Waals surface area (Å²) in [6, 6.07) is 7.10. The SMILES string of the molecule is O=C(N=C=S)c1ccc(I)cc1. The van der Waals surface area contributed by atoms with E-state index in [9.17, 15) is 4.79 Å². The molecule has 0 saturated carbocycles. The standard InChI is InChI=1S/C8H4INOS/c9-7-3-1-6(2-4-7)8(11)10-5-12/h1-4H. The molecule has 0 heterocycles. The van der Waals surface area contributed by atoms with Crippen molar-refractivity contribution < 1.29 is 4.79 Å². The molecule has 1 rings (SSSR count). The summed E-state index contributed by atoms with van der Waals surface area (Å²) in [7, 11) is 0. The van der Waals surface area contributed by atoms with Crippen molar-refractivity contribution in [2.45, 2.75) is 0 Å². The molecule has 1 amide bonds. The van der Waals surface area contributed by atoms with Crippen LogP contribution >= 0.6 is 34.8 Å². The lowest BCUT2D eigenvalue weighted by Crippen LogP contribution is -1.92. The number of rotatable bonds is 1. The van der Waals surface area contributed by atoms with Gasteiger partial charge in [0.1, 0.15) is 0 Å². The number of hydrogen-bond acceptors (Lipinski definition) is 2. The van der Waals surface area contributed by atoms with E-state index in [2.05, 4.69) is 39.8 Å². The number of hydrogen-bond donors (Lipinski definition) is 0. The average Bonchev–Trinajstić information content (AvgIpc) is 2.06. The third-order valence-electron chi connectivity index (χ3n) is 1.24. The second kappa shape index (κ2) is 4.45. The molecule has 0 unspecified atom stereocenters. The third-order valence-corrected chi connectivity index (χ3v) is 2.05. The van der Waals surface area contributed by atoms with E-state index in [1.165, 1.54) is 0 Å². The number of nitrogens with zero attached hydrogens (tertiary/aromatic N) is 1. The summed E-state index contributed by atoms with van der Waals surface area (Å²) in [6.07, 6.45) is 0. The molecule has 0 aliphatic heterocycles. The molecular weight excluding hydrogens is 285 g/mol. The van der Waals surface area contributed by atoms with Crippen LogP contribution in [-0.4, -0.2) is 11.1 Å². The van der Waals surface area contributed by atoms with E-state index in [-0.39, 0.29) is 5.91 Å². The van der Waals surface area contributed by atoms with Crippen LogP contribution in [0.4, 0.5) is 0 Å². The van der Waals surface area contributed by atoms with Crippen LogP contribution in [0, 0.1) is 3.57 Å². The molecule has 60 valence electrons. The second-order valence-electron chi connectivity index (χ2n) is 2.02. The Bertz CT molecular complexity index is 341. The lowest BCUT2D eigenvalue weighted by molar-refractivity contribution is 0.100. The number of thiocarbonyl (C=S) groups is 1. The van der Waals surface area contributed by atoms with E-state index in [4.69, 9.17) is 0 Å². The van der Waals surface area contributed by atoms with Gasteiger partial charge in [-0.15, -0.1) is 0 Å². The first-order valence-corrected chi connectivity index (χ1v) is 4.60. The molecule has 0 aromatic heterocycles. The van der Waals surface area contributed by atoms with E-state index >= 15 is 0 Å². The van der Waals surface area contributed by atoms with Gasteiger partial charge >= 0.3 is 0 Å². The lowest BCUT2D eigenvalue weighted by atomic mass is 10.2. The number of carbonyl (C=O) groups excluding carboxylic acids is 1. The van der Waals surface area contributed by atoms with Gasteiger partial charge in [0.15, 0.2) is 0 Å². The Balaban J connectivity index is 2.97. The molecule has 0 spiro atoms. The van der Waals surface area contributed by atoms with Crippen molar-refractivity contribution in [3.05, 3.63) is 33.4 Å². The summed E-state index contributed by atoms with van der Waals surface area (Å²) in [4.78, 5) is 14.4. The third kappa shape index (κ3) is 2.48. The second-order valence-corrected chi connectivity index (χ2v) is 3.44. The van der Waals surface area contributed by atoms with Gasteiger partial charge in [0, 0.05) is 9.13 Å². The minimum absolute atomic E-state index is 0.346. The highest BCUT2D eigenvalue weighted by atomic mass is 127. The predicted molar refractivity (Wildman–Crippen MR) is 58.5 cm³/mol. The van der Waals surface area contributed by atoms with Crippen LogP contribution in [0.3, 0.4) is 0 Å². The van der Waals surface area contributed by atoms with Crippen molar-refractivity contribution in [3.63, 3.8) is 0 Å². The molecule has 12 heavy (non-hydrogen) atoms. The van der Waals surface area contributed by atoms with Gasteiger partial charge in [-0.3, -0.25) is 4.79 Å². The van der Waals surface area contributed by atoms with Crippen LogP contribution in [0.2, 0.25) is 0 Å². The van der Waals surface area contributed by atoms with Crippen LogP contribution in [0.25, 0.3) is 0 Å². The topological polar surface area (TPSA) is 29.4 Å². The number of amides is 1. The van der Waals surface area contributed by atoms with Crippen LogP contribution in [0.1, 0.15) is 10.4 Å². The summed E-state index contributed by atoms with van der Waals surface area (Å²) >= 11 is 6.48. The van der Waals surface area contributed by atoms with Crippen molar-refractivity contribution >= 4 is 45.9 Å². The molecule has 2 nitrogen and oxygen atoms in total. The first-order chi connectivity index (χ1) is 5.74. The number of benzene rings is 1. The van der Waals surface area contributed by atoms with Crippen molar-refractivity contribution in [2.75, 3.05) is 0 Å². The highest BCUT2D eigenvalue weighted by Gasteiger charge is 2.00. The van der Waals surface area contributed by atoms with Gasteiger partial charge < -0.3 is 0 Å². The molecule has 1 aromatic rings. The molecule has 0 N–H and O–H groups in total. The Morgan fingerprint density at radius 3 is 2.50 bits per heavy atom. The molecular formula is C8H4INOS. The molecule has 0 saturated heterocycles. The smallest absolute Gasteiger partial charge is 0.266 e. The fourth-order valence-corrected chi connectivity index (χ4v) is 1.14. The minimum Gasteiger partial charge on any atom is -0.266 e. The van der Waals surface area contributed by atoms with E-state index in [0.717, 1.165) is 3.57 Å². The molecule has 4 heteroatoms. The molecule has 0 aliphatic carbocycles. The lowest BCUT2D eigenvalue weighted by Gasteiger charge is -1.92. The Labute approximate surface area is 88.8 Å². The van der Waals surface area contributed by atoms with Gasteiger partial charge in [-0.1, -0.05) is 0 Å². The maximum absolute atomic E-state index is 11.1. The maximum Gasteiger partial charge on any atom is 0.285 e. The Kier molecular flexibility index (Phi) is 3.52. The highest BCUT2D eigenvalue weighted by molar-refractivity contribution is 14.1. The van der Waals surface area contributed by atoms with E-state index in [1.807, 2.05) is 17.3 Å². The fraction of sp³-hybridized carbons (Fsp3) is 0. The zero-order valence-corrected chi connectivity index (χ0v) is 8.93. The van der Waals surface area contributed by atoms with Crippen LogP contribution in [-0.2, 0) is 0 Å². The van der Waals surface area contributed by atoms with Crippen molar-refractivity contribution in [1.29, 1.82) is 0 Å². The number of carbonyl (C=O) groups is 1.